The predicted molar refractivity (Wildman–Crippen MR) is 93.5 cm³/mol. The summed E-state index contributed by atoms with van der Waals surface area (Å²) in [4.78, 5) is 14.7. The van der Waals surface area contributed by atoms with Gasteiger partial charge in [-0.15, -0.1) is 0 Å². The van der Waals surface area contributed by atoms with Gasteiger partial charge >= 0.3 is 0 Å². The number of likely N-dealkylation sites (tertiary alicyclic amines) is 1. The van der Waals surface area contributed by atoms with Crippen LogP contribution in [0.3, 0.4) is 0 Å². The van der Waals surface area contributed by atoms with E-state index < -0.39 is 5.91 Å². The molecule has 2 aromatic rings. The Morgan fingerprint density at radius 2 is 1.96 bits per heavy atom. The highest BCUT2D eigenvalue weighted by atomic mass is 35.5. The molecule has 25 heavy (non-hydrogen) atoms. The molecular formula is C17H20ClN3O4. The smallest absolute Gasteiger partial charge is 0.277 e. The molecule has 1 amide bonds. The zero-order valence-electron chi connectivity index (χ0n) is 14.2. The average Bonchev–Trinajstić information content (AvgIpc) is 3.27. The number of rotatable bonds is 6. The molecule has 1 fully saturated rings. The van der Waals surface area contributed by atoms with E-state index in [1.165, 1.54) is 27.1 Å². The zero-order chi connectivity index (χ0) is 17.8. The van der Waals surface area contributed by atoms with Crippen LogP contribution in [0.4, 0.5) is 5.69 Å². The lowest BCUT2D eigenvalue weighted by atomic mass is 10.2. The third kappa shape index (κ3) is 4.05. The molecule has 0 atom stereocenters. The van der Waals surface area contributed by atoms with E-state index in [-0.39, 0.29) is 5.69 Å². The number of amides is 1. The number of hydrogen-bond acceptors (Lipinski definition) is 6. The van der Waals surface area contributed by atoms with Gasteiger partial charge in [0.2, 0.25) is 0 Å². The third-order valence-electron chi connectivity index (χ3n) is 4.09. The Morgan fingerprint density at radius 3 is 2.64 bits per heavy atom. The van der Waals surface area contributed by atoms with Crippen LogP contribution in [-0.4, -0.2) is 43.3 Å². The lowest BCUT2D eigenvalue weighted by Gasteiger charge is -2.12. The maximum Gasteiger partial charge on any atom is 0.277 e. The van der Waals surface area contributed by atoms with Gasteiger partial charge in [-0.05, 0) is 32.0 Å². The van der Waals surface area contributed by atoms with Crippen LogP contribution in [0.5, 0.6) is 11.5 Å². The summed E-state index contributed by atoms with van der Waals surface area (Å²) < 4.78 is 15.7. The van der Waals surface area contributed by atoms with Crippen molar-refractivity contribution in [3.8, 4) is 11.5 Å². The van der Waals surface area contributed by atoms with Crippen molar-refractivity contribution in [2.75, 3.05) is 32.6 Å². The molecule has 0 radical (unpaired) electrons. The van der Waals surface area contributed by atoms with Crippen LogP contribution in [0, 0.1) is 0 Å². The Labute approximate surface area is 150 Å². The lowest BCUT2D eigenvalue weighted by molar-refractivity contribution is 0.101. The molecule has 1 aromatic carbocycles. The lowest BCUT2D eigenvalue weighted by Crippen LogP contribution is -2.18. The Morgan fingerprint density at radius 1 is 1.24 bits per heavy atom. The zero-order valence-corrected chi connectivity index (χ0v) is 14.9. The van der Waals surface area contributed by atoms with Crippen molar-refractivity contribution < 1.29 is 18.8 Å². The number of hydrogen-bond donors (Lipinski definition) is 1. The molecule has 1 N–H and O–H groups in total. The van der Waals surface area contributed by atoms with Gasteiger partial charge in [-0.3, -0.25) is 9.69 Å². The molecule has 0 spiro atoms. The van der Waals surface area contributed by atoms with Gasteiger partial charge in [0.1, 0.15) is 11.5 Å². The second kappa shape index (κ2) is 7.76. The van der Waals surface area contributed by atoms with Gasteiger partial charge < -0.3 is 19.3 Å². The molecular weight excluding hydrogens is 346 g/mol. The number of nitrogens with zero attached hydrogens (tertiary/aromatic N) is 2. The number of methoxy groups -OCH3 is 2. The van der Waals surface area contributed by atoms with Gasteiger partial charge in [0.15, 0.2) is 11.5 Å². The largest absolute Gasteiger partial charge is 0.495 e. The minimum atomic E-state index is -0.393. The minimum absolute atomic E-state index is 0.211. The first-order chi connectivity index (χ1) is 12.1. The molecule has 1 saturated heterocycles. The number of nitrogens with one attached hydrogen (secondary N) is 1. The van der Waals surface area contributed by atoms with Crippen molar-refractivity contribution in [2.45, 2.75) is 19.4 Å². The molecule has 3 rings (SSSR count). The Kier molecular flexibility index (Phi) is 5.45. The van der Waals surface area contributed by atoms with Crippen LogP contribution in [0.1, 0.15) is 29.1 Å². The topological polar surface area (TPSA) is 76.8 Å². The number of anilines is 1. The van der Waals surface area contributed by atoms with Crippen LogP contribution in [-0.2, 0) is 6.54 Å². The quantitative estimate of drug-likeness (QED) is 0.847. The van der Waals surface area contributed by atoms with E-state index in [0.717, 1.165) is 13.1 Å². The summed E-state index contributed by atoms with van der Waals surface area (Å²) in [6.45, 7) is 2.76. The fraction of sp³-hybridized carbons (Fsp3) is 0.412. The molecule has 1 aromatic heterocycles. The fourth-order valence-electron chi connectivity index (χ4n) is 2.80. The van der Waals surface area contributed by atoms with Crippen LogP contribution >= 0.6 is 11.6 Å². The Bertz CT molecular complexity index is 756. The number of aromatic nitrogens is 1. The first-order valence-electron chi connectivity index (χ1n) is 8.01. The van der Waals surface area contributed by atoms with Gasteiger partial charge in [0.25, 0.3) is 5.91 Å². The van der Waals surface area contributed by atoms with Crippen molar-refractivity contribution in [3.63, 3.8) is 0 Å². The monoisotopic (exact) mass is 365 g/mol. The fourth-order valence-corrected chi connectivity index (χ4v) is 3.04. The predicted octanol–water partition coefficient (Wildman–Crippen LogP) is 3.19. The van der Waals surface area contributed by atoms with Crippen molar-refractivity contribution in [1.29, 1.82) is 0 Å². The molecule has 2 heterocycles. The van der Waals surface area contributed by atoms with E-state index in [1.54, 1.807) is 18.2 Å². The highest BCUT2D eigenvalue weighted by molar-refractivity contribution is 6.32. The molecule has 1 aliphatic rings. The summed E-state index contributed by atoms with van der Waals surface area (Å²) in [5, 5.41) is 6.96. The minimum Gasteiger partial charge on any atom is -0.495 e. The molecule has 134 valence electrons. The van der Waals surface area contributed by atoms with E-state index >= 15 is 0 Å². The van der Waals surface area contributed by atoms with Crippen molar-refractivity contribution in [3.05, 3.63) is 34.7 Å². The van der Waals surface area contributed by atoms with Crippen LogP contribution in [0.2, 0.25) is 5.02 Å². The van der Waals surface area contributed by atoms with E-state index in [4.69, 9.17) is 25.6 Å². The first kappa shape index (κ1) is 17.6. The van der Waals surface area contributed by atoms with Crippen molar-refractivity contribution in [1.82, 2.24) is 10.1 Å². The summed E-state index contributed by atoms with van der Waals surface area (Å²) in [7, 11) is 3.01. The van der Waals surface area contributed by atoms with Crippen LogP contribution in [0.15, 0.2) is 22.7 Å². The summed E-state index contributed by atoms with van der Waals surface area (Å²) in [6, 6.07) is 4.84. The molecule has 7 nitrogen and oxygen atoms in total. The second-order valence-corrected chi connectivity index (χ2v) is 6.21. The highest BCUT2D eigenvalue weighted by Gasteiger charge is 2.19. The van der Waals surface area contributed by atoms with E-state index in [1.807, 2.05) is 0 Å². The average molecular weight is 366 g/mol. The molecule has 8 heteroatoms. The number of carbonyl (C=O) groups is 1. The summed E-state index contributed by atoms with van der Waals surface area (Å²) in [5.41, 5.74) is 0.644. The SMILES string of the molecule is COc1cc(OC)c(NC(=O)c2cc(CN3CCCC3)on2)cc1Cl. The standard InChI is InChI=1S/C17H20ClN3O4/c1-23-15-9-16(24-2)13(8-12(15)18)19-17(22)14-7-11(25-20-14)10-21-5-3-4-6-21/h7-9H,3-6,10H2,1-2H3,(H,19,22). The summed E-state index contributed by atoms with van der Waals surface area (Å²) in [6.07, 6.45) is 2.39. The van der Waals surface area contributed by atoms with Crippen molar-refractivity contribution in [2.24, 2.45) is 0 Å². The Hall–Kier alpha value is -2.25. The second-order valence-electron chi connectivity index (χ2n) is 5.80. The van der Waals surface area contributed by atoms with E-state index in [0.29, 0.717) is 34.5 Å². The molecule has 0 aliphatic carbocycles. The summed E-state index contributed by atoms with van der Waals surface area (Å²) >= 11 is 6.12. The van der Waals surface area contributed by atoms with Gasteiger partial charge in [-0.25, -0.2) is 0 Å². The van der Waals surface area contributed by atoms with Crippen molar-refractivity contribution >= 4 is 23.2 Å². The first-order valence-corrected chi connectivity index (χ1v) is 8.39. The van der Waals surface area contributed by atoms with E-state index in [9.17, 15) is 4.79 Å². The van der Waals surface area contributed by atoms with Gasteiger partial charge in [-0.2, -0.15) is 0 Å². The maximum atomic E-state index is 12.4. The van der Waals surface area contributed by atoms with E-state index in [2.05, 4.69) is 15.4 Å². The van der Waals surface area contributed by atoms with Gasteiger partial charge in [0.05, 0.1) is 31.5 Å². The molecule has 1 aliphatic heterocycles. The third-order valence-corrected chi connectivity index (χ3v) is 4.39. The number of ether oxygens (including phenoxy) is 2. The Balaban J connectivity index is 1.71. The molecule has 0 saturated carbocycles. The summed E-state index contributed by atoms with van der Waals surface area (Å²) in [5.74, 6) is 1.18. The maximum absolute atomic E-state index is 12.4. The number of benzene rings is 1. The normalized spacial score (nSPS) is 14.5. The number of halogens is 1. The molecule has 0 bridgehead atoms. The van der Waals surface area contributed by atoms with Crippen LogP contribution < -0.4 is 14.8 Å². The van der Waals surface area contributed by atoms with Crippen LogP contribution in [0.25, 0.3) is 0 Å². The highest BCUT2D eigenvalue weighted by Crippen LogP contribution is 2.36. The van der Waals surface area contributed by atoms with Gasteiger partial charge in [0, 0.05) is 12.1 Å². The number of carbonyl (C=O) groups excluding carboxylic acids is 1. The van der Waals surface area contributed by atoms with Gasteiger partial charge in [-0.1, -0.05) is 16.8 Å². The molecule has 0 unspecified atom stereocenters.